The summed E-state index contributed by atoms with van der Waals surface area (Å²) in [6.45, 7) is 7.59. The maximum atomic E-state index is 11.9. The van der Waals surface area contributed by atoms with Crippen LogP contribution in [0.15, 0.2) is 0 Å². The van der Waals surface area contributed by atoms with Gasteiger partial charge in [0.25, 0.3) is 0 Å². The van der Waals surface area contributed by atoms with Gasteiger partial charge in [0.1, 0.15) is 0 Å². The minimum Gasteiger partial charge on any atom is -0.378 e. The van der Waals surface area contributed by atoms with Crippen molar-refractivity contribution in [3.63, 3.8) is 0 Å². The molecule has 1 saturated heterocycles. The second-order valence-corrected chi connectivity index (χ2v) is 4.27. The monoisotopic (exact) mass is 218 g/mol. The summed E-state index contributed by atoms with van der Waals surface area (Å²) < 4.78 is 7.01. The molecule has 0 aliphatic carbocycles. The molecule has 0 N–H and O–H groups in total. The second kappa shape index (κ2) is 6.14. The Kier molecular flexibility index (Phi) is 5.11. The van der Waals surface area contributed by atoms with Crippen LogP contribution in [0.1, 0.15) is 13.8 Å². The quantitative estimate of drug-likeness (QED) is 0.672. The molecule has 0 aromatic rings. The summed E-state index contributed by atoms with van der Waals surface area (Å²) in [5, 5.41) is 0. The van der Waals surface area contributed by atoms with Crippen molar-refractivity contribution in [3.8, 4) is 0 Å². The topological polar surface area (TPSA) is 32.8 Å². The third kappa shape index (κ3) is 3.06. The van der Waals surface area contributed by atoms with E-state index in [0.717, 1.165) is 25.4 Å². The third-order valence-electron chi connectivity index (χ3n) is 2.07. The predicted molar refractivity (Wildman–Crippen MR) is 58.3 cm³/mol. The lowest BCUT2D eigenvalue weighted by atomic mass is 10.4. The minimum atomic E-state index is 0.127. The minimum absolute atomic E-state index is 0.127. The van der Waals surface area contributed by atoms with Crippen LogP contribution in [-0.2, 0) is 4.74 Å². The molecule has 14 heavy (non-hydrogen) atoms. The smallest absolute Gasteiger partial charge is 0.330 e. The fourth-order valence-electron chi connectivity index (χ4n) is 1.35. The van der Waals surface area contributed by atoms with Crippen LogP contribution in [0, 0.1) is 0 Å². The van der Waals surface area contributed by atoms with E-state index in [1.54, 1.807) is 11.9 Å². The van der Waals surface area contributed by atoms with Crippen LogP contribution in [0.5, 0.6) is 0 Å². The van der Waals surface area contributed by atoms with E-state index in [9.17, 15) is 4.79 Å². The van der Waals surface area contributed by atoms with Gasteiger partial charge in [0.2, 0.25) is 0 Å². The van der Waals surface area contributed by atoms with Crippen molar-refractivity contribution >= 4 is 18.0 Å². The van der Waals surface area contributed by atoms with Gasteiger partial charge in [-0.3, -0.25) is 4.31 Å². The van der Waals surface area contributed by atoms with Gasteiger partial charge in [0.15, 0.2) is 0 Å². The molecule has 1 aliphatic rings. The van der Waals surface area contributed by atoms with Crippen LogP contribution in [0.3, 0.4) is 0 Å². The summed E-state index contributed by atoms with van der Waals surface area (Å²) in [5.41, 5.74) is 0. The van der Waals surface area contributed by atoms with Crippen molar-refractivity contribution in [2.75, 3.05) is 38.6 Å². The highest BCUT2D eigenvalue weighted by molar-refractivity contribution is 7.97. The molecular formula is C9H18N2O2S. The van der Waals surface area contributed by atoms with E-state index < -0.39 is 0 Å². The largest absolute Gasteiger partial charge is 0.378 e. The number of hydrogen-bond donors (Lipinski definition) is 0. The predicted octanol–water partition coefficient (Wildman–Crippen LogP) is 1.43. The zero-order chi connectivity index (χ0) is 10.4. The normalized spacial score (nSPS) is 16.9. The van der Waals surface area contributed by atoms with Crippen LogP contribution >= 0.6 is 11.9 Å². The van der Waals surface area contributed by atoms with Gasteiger partial charge < -0.3 is 9.64 Å². The number of carbonyl (C=O) groups is 1. The molecule has 0 atom stereocenters. The fourth-order valence-corrected chi connectivity index (χ4v) is 2.07. The molecular weight excluding hydrogens is 200 g/mol. The van der Waals surface area contributed by atoms with E-state index in [1.165, 1.54) is 0 Å². The van der Waals surface area contributed by atoms with Crippen molar-refractivity contribution in [2.24, 2.45) is 0 Å². The maximum Gasteiger partial charge on any atom is 0.330 e. The van der Waals surface area contributed by atoms with Crippen LogP contribution in [0.4, 0.5) is 4.79 Å². The average molecular weight is 218 g/mol. The third-order valence-corrected chi connectivity index (χ3v) is 3.05. The highest BCUT2D eigenvalue weighted by Gasteiger charge is 2.21. The molecule has 1 rings (SSSR count). The molecule has 0 aromatic carbocycles. The van der Waals surface area contributed by atoms with Gasteiger partial charge in [-0.15, -0.1) is 0 Å². The number of carbonyl (C=O) groups excluding carboxylic acids is 1. The summed E-state index contributed by atoms with van der Waals surface area (Å²) in [6.07, 6.45) is 0. The number of hydrogen-bond acceptors (Lipinski definition) is 3. The van der Waals surface area contributed by atoms with Gasteiger partial charge in [0, 0.05) is 25.4 Å². The summed E-state index contributed by atoms with van der Waals surface area (Å²) in [6, 6.07) is 0.127. The first-order chi connectivity index (χ1) is 6.79. The van der Waals surface area contributed by atoms with Crippen LogP contribution < -0.4 is 0 Å². The molecule has 0 unspecified atom stereocenters. The number of rotatable bonds is 3. The highest BCUT2D eigenvalue weighted by atomic mass is 32.2. The summed E-state index contributed by atoms with van der Waals surface area (Å²) in [7, 11) is 0. The zero-order valence-electron chi connectivity index (χ0n) is 8.86. The van der Waals surface area contributed by atoms with Gasteiger partial charge in [-0.1, -0.05) is 6.92 Å². The van der Waals surface area contributed by atoms with Crippen molar-refractivity contribution < 1.29 is 9.53 Å². The first kappa shape index (κ1) is 11.7. The van der Waals surface area contributed by atoms with E-state index >= 15 is 0 Å². The highest BCUT2D eigenvalue weighted by Crippen LogP contribution is 2.13. The van der Waals surface area contributed by atoms with Gasteiger partial charge in [-0.05, 0) is 18.9 Å². The Morgan fingerprint density at radius 2 is 2.07 bits per heavy atom. The molecule has 0 bridgehead atoms. The average Bonchev–Trinajstić information content (AvgIpc) is 2.26. The number of urea groups is 1. The van der Waals surface area contributed by atoms with Crippen molar-refractivity contribution in [1.82, 2.24) is 9.21 Å². The Morgan fingerprint density at radius 1 is 1.43 bits per heavy atom. The van der Waals surface area contributed by atoms with Gasteiger partial charge in [0.05, 0.1) is 13.2 Å². The summed E-state index contributed by atoms with van der Waals surface area (Å²) >= 11 is 1.58. The lowest BCUT2D eigenvalue weighted by Gasteiger charge is -2.31. The number of amides is 2. The second-order valence-electron chi connectivity index (χ2n) is 2.99. The Hall–Kier alpha value is -0.420. The molecule has 1 aliphatic heterocycles. The Bertz CT molecular complexity index is 177. The molecule has 2 amide bonds. The van der Waals surface area contributed by atoms with Gasteiger partial charge in [-0.25, -0.2) is 4.79 Å². The Balaban J connectivity index is 2.43. The number of nitrogens with zero attached hydrogens (tertiary/aromatic N) is 2. The standard InChI is InChI=1S/C9H18N2O2S/c1-3-11(14-4-2)9(12)10-5-7-13-8-6-10/h3-8H2,1-2H3. The SMILES string of the molecule is CCSN(CC)C(=O)N1CCOCC1. The Morgan fingerprint density at radius 3 is 2.57 bits per heavy atom. The Labute approximate surface area is 89.7 Å². The molecule has 5 heteroatoms. The zero-order valence-corrected chi connectivity index (χ0v) is 9.68. The van der Waals surface area contributed by atoms with E-state index in [1.807, 2.05) is 16.1 Å². The van der Waals surface area contributed by atoms with E-state index in [2.05, 4.69) is 6.92 Å². The maximum absolute atomic E-state index is 11.9. The molecule has 1 heterocycles. The first-order valence-electron chi connectivity index (χ1n) is 5.06. The molecule has 0 radical (unpaired) electrons. The number of morpholine rings is 1. The molecule has 1 fully saturated rings. The number of ether oxygens (including phenoxy) is 1. The van der Waals surface area contributed by atoms with Crippen LogP contribution in [0.2, 0.25) is 0 Å². The van der Waals surface area contributed by atoms with Crippen molar-refractivity contribution in [1.29, 1.82) is 0 Å². The molecule has 82 valence electrons. The van der Waals surface area contributed by atoms with Gasteiger partial charge in [-0.2, -0.15) is 0 Å². The van der Waals surface area contributed by atoms with E-state index in [0.29, 0.717) is 13.2 Å². The lowest BCUT2D eigenvalue weighted by molar-refractivity contribution is 0.0494. The van der Waals surface area contributed by atoms with Crippen molar-refractivity contribution in [3.05, 3.63) is 0 Å². The van der Waals surface area contributed by atoms with E-state index in [-0.39, 0.29) is 6.03 Å². The molecule has 0 aromatic heterocycles. The summed E-state index contributed by atoms with van der Waals surface area (Å²) in [5.74, 6) is 0.934. The van der Waals surface area contributed by atoms with Gasteiger partial charge >= 0.3 is 6.03 Å². The molecule has 0 spiro atoms. The van der Waals surface area contributed by atoms with Crippen LogP contribution in [0.25, 0.3) is 0 Å². The first-order valence-corrected chi connectivity index (χ1v) is 6.01. The molecule has 4 nitrogen and oxygen atoms in total. The van der Waals surface area contributed by atoms with Crippen molar-refractivity contribution in [2.45, 2.75) is 13.8 Å². The van der Waals surface area contributed by atoms with E-state index in [4.69, 9.17) is 4.74 Å². The lowest BCUT2D eigenvalue weighted by Crippen LogP contribution is -2.46. The summed E-state index contributed by atoms with van der Waals surface area (Å²) in [4.78, 5) is 13.8. The fraction of sp³-hybridized carbons (Fsp3) is 0.889. The molecule has 0 saturated carbocycles. The van der Waals surface area contributed by atoms with Crippen LogP contribution in [-0.4, -0.2) is 53.8 Å².